The summed E-state index contributed by atoms with van der Waals surface area (Å²) in [7, 11) is 1.34. The van der Waals surface area contributed by atoms with Crippen molar-refractivity contribution in [2.75, 3.05) is 40.1 Å². The van der Waals surface area contributed by atoms with Crippen LogP contribution >= 0.6 is 0 Å². The van der Waals surface area contributed by atoms with Crippen molar-refractivity contribution >= 4 is 5.97 Å². The van der Waals surface area contributed by atoms with Gasteiger partial charge in [0.2, 0.25) is 0 Å². The van der Waals surface area contributed by atoms with E-state index >= 15 is 0 Å². The van der Waals surface area contributed by atoms with Gasteiger partial charge in [0.05, 0.1) is 7.11 Å². The second-order valence-corrected chi connectivity index (χ2v) is 3.44. The van der Waals surface area contributed by atoms with E-state index in [0.29, 0.717) is 13.2 Å². The third-order valence-corrected chi connectivity index (χ3v) is 2.02. The van der Waals surface area contributed by atoms with E-state index in [4.69, 9.17) is 15.2 Å². The molecule has 5 nitrogen and oxygen atoms in total. The van der Waals surface area contributed by atoms with E-state index in [1.165, 1.54) is 7.11 Å². The lowest BCUT2D eigenvalue weighted by Crippen LogP contribution is -2.11. The maximum atomic E-state index is 10.7. The highest BCUT2D eigenvalue weighted by Crippen LogP contribution is 1.95. The molecule has 0 aliphatic carbocycles. The average Bonchev–Trinajstić information content (AvgIpc) is 2.31. The normalized spacial score (nSPS) is 10.4. The van der Waals surface area contributed by atoms with Crippen molar-refractivity contribution in [1.82, 2.24) is 0 Å². The van der Waals surface area contributed by atoms with Crippen LogP contribution in [0.25, 0.3) is 0 Å². The molecule has 0 aromatic heterocycles. The first-order valence-corrected chi connectivity index (χ1v) is 5.73. The van der Waals surface area contributed by atoms with Gasteiger partial charge in [-0.1, -0.05) is 0 Å². The van der Waals surface area contributed by atoms with Gasteiger partial charge in [0, 0.05) is 19.8 Å². The van der Waals surface area contributed by atoms with Crippen LogP contribution in [0.5, 0.6) is 0 Å². The molecule has 0 aliphatic rings. The monoisotopic (exact) mass is 233 g/mol. The molecule has 0 saturated heterocycles. The molecular weight excluding hydrogens is 210 g/mol. The molecule has 0 unspecified atom stereocenters. The van der Waals surface area contributed by atoms with Gasteiger partial charge in [-0.25, -0.2) is 4.79 Å². The van der Waals surface area contributed by atoms with Crippen molar-refractivity contribution < 1.29 is 19.0 Å². The van der Waals surface area contributed by atoms with Crippen LogP contribution in [0, 0.1) is 0 Å². The summed E-state index contributed by atoms with van der Waals surface area (Å²) in [4.78, 5) is 10.7. The zero-order valence-corrected chi connectivity index (χ0v) is 10.1. The van der Waals surface area contributed by atoms with Crippen molar-refractivity contribution in [3.63, 3.8) is 0 Å². The Labute approximate surface area is 97.2 Å². The summed E-state index contributed by atoms with van der Waals surface area (Å²) in [5.74, 6) is -0.345. The summed E-state index contributed by atoms with van der Waals surface area (Å²) in [6.45, 7) is 2.74. The number of hydrogen-bond donors (Lipinski definition) is 1. The van der Waals surface area contributed by atoms with Gasteiger partial charge in [-0.15, -0.1) is 0 Å². The predicted molar refractivity (Wildman–Crippen MR) is 61.2 cm³/mol. The van der Waals surface area contributed by atoms with E-state index in [2.05, 4.69) is 4.74 Å². The van der Waals surface area contributed by atoms with Crippen LogP contribution in [0.1, 0.15) is 25.7 Å². The Morgan fingerprint density at radius 3 is 2.38 bits per heavy atom. The standard InChI is InChI=1S/C11H23NO4/c1-14-11(13)10-16-9-5-8-15-7-4-2-3-6-12/h2-10,12H2,1H3. The third-order valence-electron chi connectivity index (χ3n) is 2.02. The van der Waals surface area contributed by atoms with Crippen molar-refractivity contribution in [1.29, 1.82) is 0 Å². The predicted octanol–water partition coefficient (Wildman–Crippen LogP) is 0.712. The molecular formula is C11H23NO4. The topological polar surface area (TPSA) is 70.8 Å². The van der Waals surface area contributed by atoms with E-state index in [1.54, 1.807) is 0 Å². The van der Waals surface area contributed by atoms with E-state index in [1.807, 2.05) is 0 Å². The zero-order valence-electron chi connectivity index (χ0n) is 10.1. The molecule has 0 fully saturated rings. The molecule has 0 radical (unpaired) electrons. The van der Waals surface area contributed by atoms with Crippen molar-refractivity contribution in [2.45, 2.75) is 25.7 Å². The Bertz CT molecular complexity index is 164. The fraction of sp³-hybridized carbons (Fsp3) is 0.909. The van der Waals surface area contributed by atoms with Gasteiger partial charge in [0.15, 0.2) is 0 Å². The van der Waals surface area contributed by atoms with Crippen molar-refractivity contribution in [3.8, 4) is 0 Å². The number of esters is 1. The number of hydrogen-bond acceptors (Lipinski definition) is 5. The highest BCUT2D eigenvalue weighted by Gasteiger charge is 1.98. The molecule has 0 saturated carbocycles. The fourth-order valence-electron chi connectivity index (χ4n) is 1.10. The summed E-state index contributed by atoms with van der Waals surface area (Å²) in [5, 5.41) is 0. The lowest BCUT2D eigenvalue weighted by molar-refractivity contribution is -0.146. The maximum absolute atomic E-state index is 10.7. The van der Waals surface area contributed by atoms with Crippen LogP contribution in [0.2, 0.25) is 0 Å². The number of carbonyl (C=O) groups excluding carboxylic acids is 1. The molecule has 0 aromatic carbocycles. The quantitative estimate of drug-likeness (QED) is 0.420. The Hall–Kier alpha value is -0.650. The van der Waals surface area contributed by atoms with Crippen LogP contribution in [0.3, 0.4) is 0 Å². The number of nitrogens with two attached hydrogens (primary N) is 1. The number of methoxy groups -OCH3 is 1. The van der Waals surface area contributed by atoms with Gasteiger partial charge in [0.25, 0.3) is 0 Å². The summed E-state index contributed by atoms with van der Waals surface area (Å²) >= 11 is 0. The second kappa shape index (κ2) is 12.4. The van der Waals surface area contributed by atoms with Gasteiger partial charge < -0.3 is 19.9 Å². The van der Waals surface area contributed by atoms with E-state index < -0.39 is 0 Å². The van der Waals surface area contributed by atoms with Gasteiger partial charge >= 0.3 is 5.97 Å². The molecule has 0 aromatic rings. The van der Waals surface area contributed by atoms with Gasteiger partial charge in [-0.05, 0) is 32.2 Å². The van der Waals surface area contributed by atoms with Gasteiger partial charge in [0.1, 0.15) is 6.61 Å². The Morgan fingerprint density at radius 2 is 1.69 bits per heavy atom. The Morgan fingerprint density at radius 1 is 1.00 bits per heavy atom. The lowest BCUT2D eigenvalue weighted by Gasteiger charge is -2.04. The van der Waals surface area contributed by atoms with Crippen LogP contribution < -0.4 is 5.73 Å². The first-order valence-electron chi connectivity index (χ1n) is 5.73. The van der Waals surface area contributed by atoms with Crippen LogP contribution in [-0.4, -0.2) is 46.1 Å². The minimum atomic E-state index is -0.345. The van der Waals surface area contributed by atoms with Crippen molar-refractivity contribution in [3.05, 3.63) is 0 Å². The SMILES string of the molecule is COC(=O)COCCCOCCCCCN. The summed E-state index contributed by atoms with van der Waals surface area (Å²) < 4.78 is 14.9. The fourth-order valence-corrected chi connectivity index (χ4v) is 1.10. The van der Waals surface area contributed by atoms with Crippen LogP contribution in [0.15, 0.2) is 0 Å². The molecule has 5 heteroatoms. The van der Waals surface area contributed by atoms with E-state index in [-0.39, 0.29) is 12.6 Å². The summed E-state index contributed by atoms with van der Waals surface area (Å²) in [6, 6.07) is 0. The molecule has 16 heavy (non-hydrogen) atoms. The van der Waals surface area contributed by atoms with Gasteiger partial charge in [-0.2, -0.15) is 0 Å². The number of ether oxygens (including phenoxy) is 3. The largest absolute Gasteiger partial charge is 0.467 e. The molecule has 0 atom stereocenters. The highest BCUT2D eigenvalue weighted by molar-refractivity contribution is 5.70. The Balaban J connectivity index is 2.96. The summed E-state index contributed by atoms with van der Waals surface area (Å²) in [6.07, 6.45) is 4.04. The maximum Gasteiger partial charge on any atom is 0.331 e. The highest BCUT2D eigenvalue weighted by atomic mass is 16.6. The van der Waals surface area contributed by atoms with Gasteiger partial charge in [-0.3, -0.25) is 0 Å². The molecule has 0 bridgehead atoms. The molecule has 0 spiro atoms. The molecule has 0 heterocycles. The molecule has 2 N–H and O–H groups in total. The summed E-state index contributed by atoms with van der Waals surface area (Å²) in [5.41, 5.74) is 5.37. The molecule has 0 rings (SSSR count). The third kappa shape index (κ3) is 11.4. The lowest BCUT2D eigenvalue weighted by atomic mass is 10.2. The number of rotatable bonds is 11. The van der Waals surface area contributed by atoms with Crippen LogP contribution in [0.4, 0.5) is 0 Å². The minimum absolute atomic E-state index is 0.0208. The molecule has 0 aliphatic heterocycles. The van der Waals surface area contributed by atoms with Crippen molar-refractivity contribution in [2.24, 2.45) is 5.73 Å². The van der Waals surface area contributed by atoms with E-state index in [9.17, 15) is 4.79 Å². The van der Waals surface area contributed by atoms with Crippen LogP contribution in [-0.2, 0) is 19.0 Å². The number of unbranched alkanes of at least 4 members (excludes halogenated alkanes) is 2. The first kappa shape index (κ1) is 15.3. The first-order chi connectivity index (χ1) is 7.81. The minimum Gasteiger partial charge on any atom is -0.467 e. The van der Waals surface area contributed by atoms with E-state index in [0.717, 1.165) is 38.8 Å². The second-order valence-electron chi connectivity index (χ2n) is 3.44. The number of carbonyl (C=O) groups is 1. The Kier molecular flexibility index (Phi) is 11.9. The smallest absolute Gasteiger partial charge is 0.331 e. The molecule has 0 amide bonds. The zero-order chi connectivity index (χ0) is 12.1. The average molecular weight is 233 g/mol. The molecule has 96 valence electrons.